The molecule has 0 aliphatic carbocycles. The van der Waals surface area contributed by atoms with Crippen LogP contribution in [0.1, 0.15) is 25.0 Å². The van der Waals surface area contributed by atoms with Gasteiger partial charge in [0, 0.05) is 29.4 Å². The van der Waals surface area contributed by atoms with E-state index in [2.05, 4.69) is 10.6 Å². The number of nitrogens with one attached hydrogen (secondary N) is 2. The van der Waals surface area contributed by atoms with Gasteiger partial charge in [-0.1, -0.05) is 61.3 Å². The third kappa shape index (κ3) is 6.15. The Balaban J connectivity index is 1.59. The smallest absolute Gasteiger partial charge is 0.226 e. The van der Waals surface area contributed by atoms with Gasteiger partial charge in [0.1, 0.15) is 12.4 Å². The van der Waals surface area contributed by atoms with Crippen LogP contribution in [0.25, 0.3) is 0 Å². The van der Waals surface area contributed by atoms with Crippen molar-refractivity contribution in [2.75, 3.05) is 10.6 Å². The van der Waals surface area contributed by atoms with E-state index in [4.69, 9.17) is 27.9 Å². The number of hydrogen-bond acceptors (Lipinski definition) is 3. The first-order valence-electron chi connectivity index (χ1n) is 9.72. The van der Waals surface area contributed by atoms with Crippen LogP contribution >= 0.6 is 23.2 Å². The molecule has 0 radical (unpaired) electrons. The van der Waals surface area contributed by atoms with E-state index in [0.29, 0.717) is 23.2 Å². The second-order valence-electron chi connectivity index (χ2n) is 7.22. The van der Waals surface area contributed by atoms with Crippen LogP contribution in [0.15, 0.2) is 66.7 Å². The average Bonchev–Trinajstić information content (AvgIpc) is 2.74. The fraction of sp³-hybridized carbons (Fsp3) is 0.208. The third-order valence-corrected chi connectivity index (χ3v) is 5.25. The summed E-state index contributed by atoms with van der Waals surface area (Å²) in [5.74, 6) is 0.754. The average molecular weight is 443 g/mol. The molecule has 0 unspecified atom stereocenters. The lowest BCUT2D eigenvalue weighted by Crippen LogP contribution is -2.17. The SMILES string of the molecule is CC(C)C(=O)Nc1ccc(NCc2ccccc2OCc2ccc(Cl)c(Cl)c2)cc1. The van der Waals surface area contributed by atoms with Crippen LogP contribution in [0.3, 0.4) is 0 Å². The van der Waals surface area contributed by atoms with Crippen molar-refractivity contribution in [3.05, 3.63) is 87.9 Å². The molecule has 0 heterocycles. The molecule has 156 valence electrons. The maximum atomic E-state index is 11.8. The second-order valence-corrected chi connectivity index (χ2v) is 8.03. The molecule has 3 aromatic carbocycles. The minimum Gasteiger partial charge on any atom is -0.489 e. The predicted octanol–water partition coefficient (Wildman–Crippen LogP) is 6.78. The Labute approximate surface area is 187 Å². The Kier molecular flexibility index (Phi) is 7.61. The summed E-state index contributed by atoms with van der Waals surface area (Å²) >= 11 is 12.0. The largest absolute Gasteiger partial charge is 0.489 e. The monoisotopic (exact) mass is 442 g/mol. The number of amides is 1. The number of para-hydroxylation sites is 1. The number of hydrogen-bond donors (Lipinski definition) is 2. The van der Waals surface area contributed by atoms with Gasteiger partial charge < -0.3 is 15.4 Å². The number of ether oxygens (including phenoxy) is 1. The number of rotatable bonds is 8. The second kappa shape index (κ2) is 10.4. The molecule has 0 aromatic heterocycles. The molecule has 0 saturated carbocycles. The van der Waals surface area contributed by atoms with Crippen LogP contribution in [0.4, 0.5) is 11.4 Å². The predicted molar refractivity (Wildman–Crippen MR) is 124 cm³/mol. The number of halogens is 2. The molecule has 0 aliphatic heterocycles. The first-order chi connectivity index (χ1) is 14.4. The highest BCUT2D eigenvalue weighted by molar-refractivity contribution is 6.42. The Morgan fingerprint density at radius 3 is 2.33 bits per heavy atom. The zero-order valence-corrected chi connectivity index (χ0v) is 18.4. The van der Waals surface area contributed by atoms with Crippen LogP contribution in [-0.4, -0.2) is 5.91 Å². The molecule has 0 spiro atoms. The van der Waals surface area contributed by atoms with E-state index in [1.807, 2.05) is 74.5 Å². The van der Waals surface area contributed by atoms with Gasteiger partial charge in [-0.15, -0.1) is 0 Å². The van der Waals surface area contributed by atoms with E-state index in [1.165, 1.54) is 0 Å². The molecular formula is C24H24Cl2N2O2. The number of carbonyl (C=O) groups is 1. The molecular weight excluding hydrogens is 419 g/mol. The molecule has 1 amide bonds. The first-order valence-corrected chi connectivity index (χ1v) is 10.5. The van der Waals surface area contributed by atoms with Gasteiger partial charge in [0.2, 0.25) is 5.91 Å². The van der Waals surface area contributed by atoms with Gasteiger partial charge in [0.15, 0.2) is 0 Å². The van der Waals surface area contributed by atoms with Crippen LogP contribution < -0.4 is 15.4 Å². The highest BCUT2D eigenvalue weighted by Crippen LogP contribution is 2.25. The molecule has 6 heteroatoms. The van der Waals surface area contributed by atoms with Crippen molar-refractivity contribution >= 4 is 40.5 Å². The minimum absolute atomic E-state index is 0.00348. The van der Waals surface area contributed by atoms with Crippen LogP contribution in [0.2, 0.25) is 10.0 Å². The summed E-state index contributed by atoms with van der Waals surface area (Å²) in [5.41, 5.74) is 3.72. The molecule has 0 bridgehead atoms. The quantitative estimate of drug-likeness (QED) is 0.404. The van der Waals surface area contributed by atoms with Crippen LogP contribution in [0, 0.1) is 5.92 Å². The molecule has 30 heavy (non-hydrogen) atoms. The minimum atomic E-state index is -0.0526. The van der Waals surface area contributed by atoms with E-state index < -0.39 is 0 Å². The van der Waals surface area contributed by atoms with E-state index in [0.717, 1.165) is 28.3 Å². The molecule has 0 atom stereocenters. The lowest BCUT2D eigenvalue weighted by Gasteiger charge is -2.14. The maximum absolute atomic E-state index is 11.8. The standard InChI is InChI=1S/C24H24Cl2N2O2/c1-16(2)24(29)28-20-10-8-19(9-11-20)27-14-18-5-3-4-6-23(18)30-15-17-7-12-21(25)22(26)13-17/h3-13,16,27H,14-15H2,1-2H3,(H,28,29). The topological polar surface area (TPSA) is 50.4 Å². The van der Waals surface area contributed by atoms with Crippen LogP contribution in [-0.2, 0) is 17.9 Å². The lowest BCUT2D eigenvalue weighted by molar-refractivity contribution is -0.118. The zero-order chi connectivity index (χ0) is 21.5. The Morgan fingerprint density at radius 2 is 1.63 bits per heavy atom. The van der Waals surface area contributed by atoms with Gasteiger partial charge in [0.05, 0.1) is 10.0 Å². The van der Waals surface area contributed by atoms with Crippen molar-refractivity contribution in [3.63, 3.8) is 0 Å². The van der Waals surface area contributed by atoms with Gasteiger partial charge in [-0.3, -0.25) is 4.79 Å². The van der Waals surface area contributed by atoms with Gasteiger partial charge >= 0.3 is 0 Å². The Morgan fingerprint density at radius 1 is 0.933 bits per heavy atom. The summed E-state index contributed by atoms with van der Waals surface area (Å²) in [7, 11) is 0. The van der Waals surface area contributed by atoms with E-state index >= 15 is 0 Å². The molecule has 2 N–H and O–H groups in total. The van der Waals surface area contributed by atoms with Crippen molar-refractivity contribution in [1.82, 2.24) is 0 Å². The molecule has 0 aliphatic rings. The maximum Gasteiger partial charge on any atom is 0.226 e. The third-order valence-electron chi connectivity index (χ3n) is 4.51. The van der Waals surface area contributed by atoms with Crippen molar-refractivity contribution < 1.29 is 9.53 Å². The van der Waals surface area contributed by atoms with Crippen molar-refractivity contribution in [1.29, 1.82) is 0 Å². The van der Waals surface area contributed by atoms with Gasteiger partial charge in [-0.05, 0) is 48.0 Å². The Bertz CT molecular complexity index is 1000. The first kappa shape index (κ1) is 22.0. The molecule has 3 rings (SSSR count). The lowest BCUT2D eigenvalue weighted by atomic mass is 10.2. The van der Waals surface area contributed by atoms with Crippen molar-refractivity contribution in [2.24, 2.45) is 5.92 Å². The van der Waals surface area contributed by atoms with E-state index in [-0.39, 0.29) is 11.8 Å². The normalized spacial score (nSPS) is 10.7. The molecule has 3 aromatic rings. The van der Waals surface area contributed by atoms with Crippen LogP contribution in [0.5, 0.6) is 5.75 Å². The number of benzene rings is 3. The molecule has 4 nitrogen and oxygen atoms in total. The summed E-state index contributed by atoms with van der Waals surface area (Å²) in [4.78, 5) is 11.8. The fourth-order valence-electron chi connectivity index (χ4n) is 2.74. The molecule has 0 saturated heterocycles. The zero-order valence-electron chi connectivity index (χ0n) is 16.9. The summed E-state index contributed by atoms with van der Waals surface area (Å²) in [6, 6.07) is 21.0. The fourth-order valence-corrected chi connectivity index (χ4v) is 3.06. The summed E-state index contributed by atoms with van der Waals surface area (Å²) in [6.45, 7) is 4.74. The van der Waals surface area contributed by atoms with E-state index in [9.17, 15) is 4.79 Å². The van der Waals surface area contributed by atoms with Gasteiger partial charge in [-0.2, -0.15) is 0 Å². The number of carbonyl (C=O) groups excluding carboxylic acids is 1. The summed E-state index contributed by atoms with van der Waals surface area (Å²) in [6.07, 6.45) is 0. The Hall–Kier alpha value is -2.69. The van der Waals surface area contributed by atoms with Gasteiger partial charge in [-0.25, -0.2) is 0 Å². The highest BCUT2D eigenvalue weighted by Gasteiger charge is 2.08. The summed E-state index contributed by atoms with van der Waals surface area (Å²) < 4.78 is 6.00. The van der Waals surface area contributed by atoms with Crippen molar-refractivity contribution in [2.45, 2.75) is 27.0 Å². The molecule has 0 fully saturated rings. The van der Waals surface area contributed by atoms with Gasteiger partial charge in [0.25, 0.3) is 0 Å². The summed E-state index contributed by atoms with van der Waals surface area (Å²) in [5, 5.41) is 7.32. The van der Waals surface area contributed by atoms with E-state index in [1.54, 1.807) is 6.07 Å². The van der Waals surface area contributed by atoms with Crippen molar-refractivity contribution in [3.8, 4) is 5.75 Å². The number of anilines is 2. The highest BCUT2D eigenvalue weighted by atomic mass is 35.5.